The van der Waals surface area contributed by atoms with E-state index in [0.717, 1.165) is 11.1 Å². The number of ether oxygens (including phenoxy) is 1. The lowest BCUT2D eigenvalue weighted by atomic mass is 9.84. The minimum Gasteiger partial charge on any atom is -0.507 e. The quantitative estimate of drug-likeness (QED) is 0.206. The third-order valence-electron chi connectivity index (χ3n) is 7.36. The Labute approximate surface area is 236 Å². The van der Waals surface area contributed by atoms with Crippen molar-refractivity contribution in [3.05, 3.63) is 99.1 Å². The summed E-state index contributed by atoms with van der Waals surface area (Å²) < 4.78 is 5.57. The fraction of sp³-hybridized carbons (Fsp3) is 0.333. The number of nitrogens with zero attached hydrogens (tertiary/aromatic N) is 1. The first kappa shape index (κ1) is 28.4. The first-order chi connectivity index (χ1) is 18.2. The largest absolute Gasteiger partial charge is 0.507 e. The van der Waals surface area contributed by atoms with Gasteiger partial charge in [-0.25, -0.2) is 0 Å². The molecule has 204 valence electrons. The molecule has 1 atom stereocenters. The highest BCUT2D eigenvalue weighted by Crippen LogP contribution is 2.45. The van der Waals surface area contributed by atoms with Gasteiger partial charge in [0.1, 0.15) is 11.5 Å². The summed E-state index contributed by atoms with van der Waals surface area (Å²) in [6.07, 6.45) is 0. The van der Waals surface area contributed by atoms with Gasteiger partial charge in [-0.2, -0.15) is 0 Å². The number of halogens is 1. The first-order valence-electron chi connectivity index (χ1n) is 13.0. The third-order valence-corrected chi connectivity index (χ3v) is 7.77. The Kier molecular flexibility index (Phi) is 7.44. The highest BCUT2D eigenvalue weighted by molar-refractivity contribution is 6.52. The molecule has 0 aliphatic carbocycles. The molecule has 39 heavy (non-hydrogen) atoms. The predicted octanol–water partition coefficient (Wildman–Crippen LogP) is 7.88. The van der Waals surface area contributed by atoms with Gasteiger partial charge < -0.3 is 9.84 Å². The molecule has 0 aromatic heterocycles. The van der Waals surface area contributed by atoms with Crippen molar-refractivity contribution < 1.29 is 19.4 Å². The van der Waals surface area contributed by atoms with E-state index in [1.165, 1.54) is 12.0 Å². The molecule has 1 saturated heterocycles. The van der Waals surface area contributed by atoms with Crippen molar-refractivity contribution in [2.24, 2.45) is 0 Å². The van der Waals surface area contributed by atoms with E-state index in [1.807, 2.05) is 43.3 Å². The zero-order valence-electron chi connectivity index (χ0n) is 23.8. The zero-order valence-corrected chi connectivity index (χ0v) is 24.6. The summed E-state index contributed by atoms with van der Waals surface area (Å²) in [5.74, 6) is -1.35. The molecule has 1 N–H and O–H groups in total. The van der Waals surface area contributed by atoms with Crippen LogP contribution in [0.1, 0.15) is 75.4 Å². The summed E-state index contributed by atoms with van der Waals surface area (Å²) >= 11 is 6.43. The lowest BCUT2D eigenvalue weighted by Gasteiger charge is -2.28. The molecule has 5 nitrogen and oxygen atoms in total. The number of anilines is 1. The second kappa shape index (κ2) is 10.2. The normalized spacial score (nSPS) is 17.6. The number of hydrogen-bond acceptors (Lipinski definition) is 4. The van der Waals surface area contributed by atoms with Crippen molar-refractivity contribution >= 4 is 34.7 Å². The summed E-state index contributed by atoms with van der Waals surface area (Å²) in [5.41, 5.74) is 4.03. The van der Waals surface area contributed by atoms with E-state index >= 15 is 0 Å². The number of carbonyl (C=O) groups is 2. The molecule has 1 aliphatic rings. The van der Waals surface area contributed by atoms with E-state index in [0.29, 0.717) is 33.1 Å². The van der Waals surface area contributed by atoms with Gasteiger partial charge in [-0.3, -0.25) is 14.5 Å². The van der Waals surface area contributed by atoms with Gasteiger partial charge in [0.15, 0.2) is 0 Å². The predicted molar refractivity (Wildman–Crippen MR) is 158 cm³/mol. The molecule has 1 unspecified atom stereocenters. The number of amides is 1. The standard InChI is InChI=1S/C33H36ClNO4/c1-19-24(34)10-9-11-25(19)35-28(20-12-14-21(15-13-20)32(2,3)4)27(30(37)31(35)38)29(36)23-18-22(33(5,6)7)16-17-26(23)39-8/h9-18,28,36H,1-8H3/b29-27+. The summed E-state index contributed by atoms with van der Waals surface area (Å²) in [4.78, 5) is 28.8. The molecule has 0 radical (unpaired) electrons. The van der Waals surface area contributed by atoms with Crippen molar-refractivity contribution in [1.29, 1.82) is 0 Å². The fourth-order valence-corrected chi connectivity index (χ4v) is 5.09. The van der Waals surface area contributed by atoms with Gasteiger partial charge in [0, 0.05) is 10.7 Å². The number of aliphatic hydroxyl groups is 1. The minimum atomic E-state index is -0.862. The van der Waals surface area contributed by atoms with E-state index in [1.54, 1.807) is 24.3 Å². The van der Waals surface area contributed by atoms with Gasteiger partial charge >= 0.3 is 0 Å². The molecule has 1 aliphatic heterocycles. The number of aliphatic hydroxyl groups excluding tert-OH is 1. The van der Waals surface area contributed by atoms with E-state index < -0.39 is 17.7 Å². The smallest absolute Gasteiger partial charge is 0.300 e. The van der Waals surface area contributed by atoms with Crippen LogP contribution in [0.25, 0.3) is 5.76 Å². The summed E-state index contributed by atoms with van der Waals surface area (Å²) in [6, 6.07) is 17.8. The molecule has 0 bridgehead atoms. The van der Waals surface area contributed by atoms with Gasteiger partial charge in [0.05, 0.1) is 24.3 Å². The van der Waals surface area contributed by atoms with Gasteiger partial charge in [-0.15, -0.1) is 0 Å². The van der Waals surface area contributed by atoms with Crippen LogP contribution < -0.4 is 9.64 Å². The molecule has 0 spiro atoms. The number of rotatable bonds is 4. The second-order valence-electron chi connectivity index (χ2n) is 12.1. The molecule has 1 amide bonds. The van der Waals surface area contributed by atoms with Gasteiger partial charge in [0.2, 0.25) is 0 Å². The molecule has 1 fully saturated rings. The Morgan fingerprint density at radius 3 is 2.05 bits per heavy atom. The average Bonchev–Trinajstić information content (AvgIpc) is 3.14. The SMILES string of the molecule is COc1ccc(C(C)(C)C)cc1/C(O)=C1\C(=O)C(=O)N(c2cccc(Cl)c2C)C1c1ccc(C(C)(C)C)cc1. The van der Waals surface area contributed by atoms with Crippen molar-refractivity contribution in [3.8, 4) is 5.75 Å². The number of benzene rings is 3. The van der Waals surface area contributed by atoms with E-state index in [2.05, 4.69) is 41.5 Å². The maximum atomic E-state index is 13.7. The monoisotopic (exact) mass is 545 g/mol. The minimum absolute atomic E-state index is 0.00671. The van der Waals surface area contributed by atoms with Crippen molar-refractivity contribution in [1.82, 2.24) is 0 Å². The van der Waals surface area contributed by atoms with Crippen LogP contribution in [0.4, 0.5) is 5.69 Å². The molecular formula is C33H36ClNO4. The number of methoxy groups -OCH3 is 1. The van der Waals surface area contributed by atoms with Crippen LogP contribution in [0.5, 0.6) is 5.75 Å². The van der Waals surface area contributed by atoms with Crippen LogP contribution in [-0.4, -0.2) is 23.9 Å². The topological polar surface area (TPSA) is 66.8 Å². The molecule has 1 heterocycles. The average molecular weight is 546 g/mol. The molecule has 0 saturated carbocycles. The van der Waals surface area contributed by atoms with Crippen LogP contribution in [0, 0.1) is 6.92 Å². The number of carbonyl (C=O) groups excluding carboxylic acids is 2. The van der Waals surface area contributed by atoms with Crippen LogP contribution in [0.2, 0.25) is 5.02 Å². The van der Waals surface area contributed by atoms with E-state index in [4.69, 9.17) is 16.3 Å². The molecule has 6 heteroatoms. The third kappa shape index (κ3) is 5.20. The highest BCUT2D eigenvalue weighted by Gasteiger charge is 2.47. The molecular weight excluding hydrogens is 510 g/mol. The number of hydrogen-bond donors (Lipinski definition) is 1. The Morgan fingerprint density at radius 1 is 0.897 bits per heavy atom. The number of Topliss-reactive ketones (excluding diaryl/α,β-unsaturated/α-hetero) is 1. The fourth-order valence-electron chi connectivity index (χ4n) is 4.92. The second-order valence-corrected chi connectivity index (χ2v) is 12.5. The van der Waals surface area contributed by atoms with E-state index in [9.17, 15) is 14.7 Å². The Bertz CT molecular complexity index is 1470. The highest BCUT2D eigenvalue weighted by atomic mass is 35.5. The van der Waals surface area contributed by atoms with Crippen molar-refractivity contribution in [2.75, 3.05) is 12.0 Å². The zero-order chi connectivity index (χ0) is 28.9. The van der Waals surface area contributed by atoms with Crippen LogP contribution >= 0.6 is 11.6 Å². The van der Waals surface area contributed by atoms with Crippen LogP contribution in [0.15, 0.2) is 66.2 Å². The molecule has 3 aromatic rings. The molecule has 3 aromatic carbocycles. The lowest BCUT2D eigenvalue weighted by Crippen LogP contribution is -2.30. The molecule has 4 rings (SSSR count). The maximum absolute atomic E-state index is 13.7. The maximum Gasteiger partial charge on any atom is 0.300 e. The van der Waals surface area contributed by atoms with Gasteiger partial charge in [0.25, 0.3) is 11.7 Å². The lowest BCUT2D eigenvalue weighted by molar-refractivity contribution is -0.132. The van der Waals surface area contributed by atoms with Gasteiger partial charge in [-0.05, 0) is 64.3 Å². The van der Waals surface area contributed by atoms with Crippen molar-refractivity contribution in [2.45, 2.75) is 65.3 Å². The summed E-state index contributed by atoms with van der Waals surface area (Å²) in [7, 11) is 1.51. The Hall–Kier alpha value is -3.57. The Morgan fingerprint density at radius 2 is 1.49 bits per heavy atom. The van der Waals surface area contributed by atoms with E-state index in [-0.39, 0.29) is 22.2 Å². The number of ketones is 1. The first-order valence-corrected chi connectivity index (χ1v) is 13.4. The summed E-state index contributed by atoms with van der Waals surface area (Å²) in [5, 5.41) is 12.3. The Balaban J connectivity index is 2.02. The van der Waals surface area contributed by atoms with Gasteiger partial charge in [-0.1, -0.05) is 89.5 Å². The van der Waals surface area contributed by atoms with Crippen molar-refractivity contribution in [3.63, 3.8) is 0 Å². The summed E-state index contributed by atoms with van der Waals surface area (Å²) in [6.45, 7) is 14.4. The van der Waals surface area contributed by atoms with Crippen LogP contribution in [-0.2, 0) is 20.4 Å². The van der Waals surface area contributed by atoms with Crippen LogP contribution in [0.3, 0.4) is 0 Å².